The summed E-state index contributed by atoms with van der Waals surface area (Å²) in [6, 6.07) is 0.717. The second-order valence-electron chi connectivity index (χ2n) is 6.57. The van der Waals surface area contributed by atoms with E-state index >= 15 is 0 Å². The first-order valence-electron chi connectivity index (χ1n) is 8.67. The molecular formula is C17H20F9NO3. The summed E-state index contributed by atoms with van der Waals surface area (Å²) in [6.45, 7) is 3.54. The van der Waals surface area contributed by atoms with Crippen molar-refractivity contribution in [2.75, 3.05) is 6.54 Å². The maximum Gasteiger partial charge on any atom is 0.573 e. The minimum absolute atomic E-state index is 0.136. The van der Waals surface area contributed by atoms with Gasteiger partial charge in [0.15, 0.2) is 11.5 Å². The molecule has 0 heterocycles. The van der Waals surface area contributed by atoms with Crippen molar-refractivity contribution in [3.8, 4) is 17.2 Å². The Kier molecular flexibility index (Phi) is 8.52. The van der Waals surface area contributed by atoms with Crippen molar-refractivity contribution in [3.63, 3.8) is 0 Å². The summed E-state index contributed by atoms with van der Waals surface area (Å²) in [6.07, 6.45) is -16.1. The van der Waals surface area contributed by atoms with E-state index in [2.05, 4.69) is 14.2 Å². The molecule has 2 unspecified atom stereocenters. The lowest BCUT2D eigenvalue weighted by Gasteiger charge is -2.24. The molecule has 174 valence electrons. The predicted molar refractivity (Wildman–Crippen MR) is 86.8 cm³/mol. The standard InChI is InChI=1S/C17H20F9NO3/c1-3-10(6-9(2)8-27)7-11-12(28-15(18,19)20)4-5-13(29-16(21,22)23)14(11)30-17(24,25)26/h4-5,9-10H,3,6-8,27H2,1-2H3. The van der Waals surface area contributed by atoms with Crippen molar-refractivity contribution in [2.45, 2.75) is 52.2 Å². The van der Waals surface area contributed by atoms with Gasteiger partial charge in [-0.05, 0) is 43.4 Å². The molecule has 4 nitrogen and oxygen atoms in total. The summed E-state index contributed by atoms with van der Waals surface area (Å²) in [5.74, 6) is -4.75. The van der Waals surface area contributed by atoms with Crippen LogP contribution in [0.3, 0.4) is 0 Å². The zero-order valence-corrected chi connectivity index (χ0v) is 15.8. The molecule has 2 N–H and O–H groups in total. The molecule has 13 heteroatoms. The summed E-state index contributed by atoms with van der Waals surface area (Å²) in [5, 5.41) is 0. The van der Waals surface area contributed by atoms with Crippen LogP contribution in [0.15, 0.2) is 12.1 Å². The van der Waals surface area contributed by atoms with Gasteiger partial charge in [-0.2, -0.15) is 0 Å². The fraction of sp³-hybridized carbons (Fsp3) is 0.647. The number of hydrogen-bond donors (Lipinski definition) is 1. The minimum Gasteiger partial charge on any atom is -0.405 e. The van der Waals surface area contributed by atoms with E-state index < -0.39 is 54.2 Å². The number of alkyl halides is 9. The molecule has 1 aromatic carbocycles. The molecule has 0 aliphatic heterocycles. The van der Waals surface area contributed by atoms with Crippen LogP contribution in [0, 0.1) is 11.8 Å². The highest BCUT2D eigenvalue weighted by molar-refractivity contribution is 5.54. The van der Waals surface area contributed by atoms with Crippen LogP contribution in [0.5, 0.6) is 17.2 Å². The molecule has 1 aromatic rings. The summed E-state index contributed by atoms with van der Waals surface area (Å²) in [5.41, 5.74) is 4.65. The molecule has 0 spiro atoms. The molecule has 0 fully saturated rings. The molecule has 30 heavy (non-hydrogen) atoms. The number of nitrogens with two attached hydrogens (primary N) is 1. The summed E-state index contributed by atoms with van der Waals surface area (Å²) in [4.78, 5) is 0. The van der Waals surface area contributed by atoms with E-state index in [1.54, 1.807) is 13.8 Å². The average molecular weight is 457 g/mol. The maximum atomic E-state index is 12.8. The van der Waals surface area contributed by atoms with Crippen LogP contribution in [-0.4, -0.2) is 25.6 Å². The molecule has 0 aromatic heterocycles. The van der Waals surface area contributed by atoms with Gasteiger partial charge in [-0.15, -0.1) is 39.5 Å². The van der Waals surface area contributed by atoms with Crippen molar-refractivity contribution in [1.29, 1.82) is 0 Å². The number of hydrogen-bond acceptors (Lipinski definition) is 4. The third-order valence-corrected chi connectivity index (χ3v) is 4.06. The van der Waals surface area contributed by atoms with E-state index in [4.69, 9.17) is 5.73 Å². The third kappa shape index (κ3) is 9.18. The van der Waals surface area contributed by atoms with Crippen LogP contribution in [0.25, 0.3) is 0 Å². The summed E-state index contributed by atoms with van der Waals surface area (Å²) < 4.78 is 126. The van der Waals surface area contributed by atoms with Gasteiger partial charge in [-0.25, -0.2) is 0 Å². The monoisotopic (exact) mass is 457 g/mol. The summed E-state index contributed by atoms with van der Waals surface area (Å²) >= 11 is 0. The summed E-state index contributed by atoms with van der Waals surface area (Å²) in [7, 11) is 0. The first-order valence-corrected chi connectivity index (χ1v) is 8.67. The molecule has 0 amide bonds. The number of rotatable bonds is 9. The lowest BCUT2D eigenvalue weighted by Crippen LogP contribution is -2.24. The zero-order chi connectivity index (χ0) is 23.3. The lowest BCUT2D eigenvalue weighted by atomic mass is 9.87. The molecule has 0 saturated carbocycles. The average Bonchev–Trinajstić information content (AvgIpc) is 2.55. The Morgan fingerprint density at radius 1 is 0.833 bits per heavy atom. The van der Waals surface area contributed by atoms with Crippen LogP contribution in [0.2, 0.25) is 0 Å². The molecule has 0 aliphatic carbocycles. The molecule has 0 aliphatic rings. The topological polar surface area (TPSA) is 53.7 Å². The van der Waals surface area contributed by atoms with E-state index in [0.717, 1.165) is 0 Å². The van der Waals surface area contributed by atoms with Gasteiger partial charge in [-0.1, -0.05) is 20.3 Å². The number of halogens is 9. The SMILES string of the molecule is CCC(Cc1c(OC(F)(F)F)ccc(OC(F)(F)F)c1OC(F)(F)F)CC(C)CN. The highest BCUT2D eigenvalue weighted by Gasteiger charge is 2.40. The Hall–Kier alpha value is -2.05. The van der Waals surface area contributed by atoms with E-state index in [-0.39, 0.29) is 18.5 Å². The van der Waals surface area contributed by atoms with Crippen molar-refractivity contribution in [2.24, 2.45) is 17.6 Å². The highest BCUT2D eigenvalue weighted by Crippen LogP contribution is 2.45. The Balaban J connectivity index is 3.58. The maximum absolute atomic E-state index is 12.8. The predicted octanol–water partition coefficient (Wildman–Crippen LogP) is 5.94. The number of benzene rings is 1. The van der Waals surface area contributed by atoms with Crippen LogP contribution < -0.4 is 19.9 Å². The second-order valence-corrected chi connectivity index (χ2v) is 6.57. The molecular weight excluding hydrogens is 437 g/mol. The molecule has 0 bridgehead atoms. The third-order valence-electron chi connectivity index (χ3n) is 4.06. The first-order chi connectivity index (χ1) is 13.5. The molecule has 0 saturated heterocycles. The van der Waals surface area contributed by atoms with Gasteiger partial charge >= 0.3 is 19.1 Å². The first kappa shape index (κ1) is 26.0. The zero-order valence-electron chi connectivity index (χ0n) is 15.8. The molecule has 0 radical (unpaired) electrons. The highest BCUT2D eigenvalue weighted by atomic mass is 19.4. The van der Waals surface area contributed by atoms with Gasteiger partial charge in [0.1, 0.15) is 5.75 Å². The van der Waals surface area contributed by atoms with Gasteiger partial charge in [-0.3, -0.25) is 0 Å². The van der Waals surface area contributed by atoms with E-state index in [1.165, 1.54) is 0 Å². The van der Waals surface area contributed by atoms with Gasteiger partial charge in [0.05, 0.1) is 0 Å². The van der Waals surface area contributed by atoms with Crippen molar-refractivity contribution in [1.82, 2.24) is 0 Å². The molecule has 2 atom stereocenters. The van der Waals surface area contributed by atoms with Gasteiger partial charge in [0.25, 0.3) is 0 Å². The van der Waals surface area contributed by atoms with Gasteiger partial charge < -0.3 is 19.9 Å². The molecule has 1 rings (SSSR count). The van der Waals surface area contributed by atoms with Crippen LogP contribution >= 0.6 is 0 Å². The lowest BCUT2D eigenvalue weighted by molar-refractivity contribution is -0.288. The number of ether oxygens (including phenoxy) is 3. The smallest absolute Gasteiger partial charge is 0.405 e. The quantitative estimate of drug-likeness (QED) is 0.467. The Morgan fingerprint density at radius 2 is 1.30 bits per heavy atom. The van der Waals surface area contributed by atoms with Crippen LogP contribution in [0.4, 0.5) is 39.5 Å². The largest absolute Gasteiger partial charge is 0.573 e. The van der Waals surface area contributed by atoms with Crippen LogP contribution in [-0.2, 0) is 6.42 Å². The van der Waals surface area contributed by atoms with E-state index in [0.29, 0.717) is 18.9 Å². The van der Waals surface area contributed by atoms with E-state index in [1.807, 2.05) is 0 Å². The Bertz CT molecular complexity index is 687. The van der Waals surface area contributed by atoms with Crippen molar-refractivity contribution < 1.29 is 53.7 Å². The second kappa shape index (κ2) is 9.84. The Morgan fingerprint density at radius 3 is 1.73 bits per heavy atom. The van der Waals surface area contributed by atoms with Gasteiger partial charge in [0.2, 0.25) is 0 Å². The van der Waals surface area contributed by atoms with Crippen molar-refractivity contribution in [3.05, 3.63) is 17.7 Å². The Labute approximate surface area is 166 Å². The van der Waals surface area contributed by atoms with Crippen molar-refractivity contribution >= 4 is 0 Å². The minimum atomic E-state index is -5.50. The fourth-order valence-electron chi connectivity index (χ4n) is 2.78. The normalized spacial score (nSPS) is 14.9. The van der Waals surface area contributed by atoms with E-state index in [9.17, 15) is 39.5 Å². The van der Waals surface area contributed by atoms with Gasteiger partial charge in [0, 0.05) is 5.56 Å². The van der Waals surface area contributed by atoms with Crippen LogP contribution in [0.1, 0.15) is 32.3 Å². The fourth-order valence-corrected chi connectivity index (χ4v) is 2.78.